The van der Waals surface area contributed by atoms with Crippen molar-refractivity contribution in [2.45, 2.75) is 33.7 Å². The first-order valence-corrected chi connectivity index (χ1v) is 8.03. The lowest BCUT2D eigenvalue weighted by molar-refractivity contribution is -0.384. The smallest absolute Gasteiger partial charge is 0.273 e. The molecule has 0 N–H and O–H groups in total. The van der Waals surface area contributed by atoms with E-state index in [0.717, 1.165) is 5.57 Å². The van der Waals surface area contributed by atoms with Crippen LogP contribution in [0.4, 0.5) is 5.69 Å². The molecule has 1 aromatic heterocycles. The van der Waals surface area contributed by atoms with E-state index in [4.69, 9.17) is 0 Å². The van der Waals surface area contributed by atoms with Gasteiger partial charge in [0.1, 0.15) is 5.69 Å². The number of nitro benzene ring substituents is 1. The van der Waals surface area contributed by atoms with Crippen molar-refractivity contribution in [3.05, 3.63) is 81.3 Å². The summed E-state index contributed by atoms with van der Waals surface area (Å²) in [6.07, 6.45) is 5.06. The highest BCUT2D eigenvalue weighted by molar-refractivity contribution is 5.78. The Hall–Kier alpha value is -3.02. The zero-order valence-electron chi connectivity index (χ0n) is 15.0. The average Bonchev–Trinajstić information content (AvgIpc) is 2.61. The Balaban J connectivity index is 0.00000151. The molecule has 1 atom stereocenters. The van der Waals surface area contributed by atoms with Crippen LogP contribution in [0.3, 0.4) is 0 Å². The Morgan fingerprint density at radius 2 is 2.00 bits per heavy atom. The van der Waals surface area contributed by atoms with Gasteiger partial charge in [-0.1, -0.05) is 45.2 Å². The van der Waals surface area contributed by atoms with Crippen LogP contribution in [-0.4, -0.2) is 14.5 Å². The van der Waals surface area contributed by atoms with Crippen LogP contribution in [0.1, 0.15) is 32.5 Å². The topological polar surface area (TPSA) is 78.0 Å². The summed E-state index contributed by atoms with van der Waals surface area (Å²) in [4.78, 5) is 27.2. The van der Waals surface area contributed by atoms with Crippen molar-refractivity contribution in [3.63, 3.8) is 0 Å². The van der Waals surface area contributed by atoms with E-state index in [2.05, 4.69) is 18.1 Å². The first-order valence-electron chi connectivity index (χ1n) is 8.03. The molecule has 0 aliphatic rings. The number of allylic oxidation sites excluding steroid dienone is 4. The van der Waals surface area contributed by atoms with Crippen molar-refractivity contribution in [3.8, 4) is 0 Å². The largest absolute Gasteiger partial charge is 0.298 e. The molecule has 0 amide bonds. The van der Waals surface area contributed by atoms with Crippen molar-refractivity contribution in [2.24, 2.45) is 0 Å². The van der Waals surface area contributed by atoms with E-state index in [1.54, 1.807) is 35.8 Å². The maximum absolute atomic E-state index is 12.5. The molecule has 1 heterocycles. The predicted molar refractivity (Wildman–Crippen MR) is 102 cm³/mol. The second-order valence-corrected chi connectivity index (χ2v) is 5.08. The Bertz CT molecular complexity index is 895. The zero-order chi connectivity index (χ0) is 19.1. The van der Waals surface area contributed by atoms with Gasteiger partial charge >= 0.3 is 0 Å². The lowest BCUT2D eigenvalue weighted by Crippen LogP contribution is -2.27. The maximum Gasteiger partial charge on any atom is 0.273 e. The van der Waals surface area contributed by atoms with Gasteiger partial charge in [-0.15, -0.1) is 0 Å². The van der Waals surface area contributed by atoms with E-state index < -0.39 is 4.92 Å². The van der Waals surface area contributed by atoms with E-state index in [1.807, 2.05) is 20.8 Å². The van der Waals surface area contributed by atoms with E-state index in [9.17, 15) is 14.9 Å². The standard InChI is InChI=1S/C17H17N3O3.C2H6/c1-5-7-13(6-2)12(4)19-16-9-8-14(20(22)23)10-15(16)18-11(3)17(19)21;1-2/h5-10,12H,1-2H2,3-4H3;1-2H3/b13-7+;. The molecule has 1 aromatic carbocycles. The van der Waals surface area contributed by atoms with E-state index in [1.165, 1.54) is 12.1 Å². The van der Waals surface area contributed by atoms with Crippen molar-refractivity contribution in [1.82, 2.24) is 9.55 Å². The van der Waals surface area contributed by atoms with Gasteiger partial charge in [0.15, 0.2) is 0 Å². The van der Waals surface area contributed by atoms with Gasteiger partial charge in [-0.3, -0.25) is 19.5 Å². The summed E-state index contributed by atoms with van der Waals surface area (Å²) in [6.45, 7) is 14.9. The summed E-state index contributed by atoms with van der Waals surface area (Å²) in [5, 5.41) is 10.9. The summed E-state index contributed by atoms with van der Waals surface area (Å²) < 4.78 is 1.57. The van der Waals surface area contributed by atoms with Crippen LogP contribution < -0.4 is 5.56 Å². The third-order valence-corrected chi connectivity index (χ3v) is 3.66. The van der Waals surface area contributed by atoms with Crippen molar-refractivity contribution in [2.75, 3.05) is 0 Å². The Morgan fingerprint density at radius 3 is 2.52 bits per heavy atom. The molecular formula is C19H23N3O3. The Morgan fingerprint density at radius 1 is 1.36 bits per heavy atom. The molecule has 2 aromatic rings. The molecule has 132 valence electrons. The molecule has 1 unspecified atom stereocenters. The van der Waals surface area contributed by atoms with Crippen LogP contribution in [0, 0.1) is 17.0 Å². The summed E-state index contributed by atoms with van der Waals surface area (Å²) in [5.41, 5.74) is 1.74. The minimum atomic E-state index is -0.484. The number of hydrogen-bond donors (Lipinski definition) is 0. The second kappa shape index (κ2) is 8.73. The van der Waals surface area contributed by atoms with Crippen LogP contribution in [-0.2, 0) is 0 Å². The first kappa shape index (κ1) is 20.0. The highest BCUT2D eigenvalue weighted by Gasteiger charge is 2.17. The second-order valence-electron chi connectivity index (χ2n) is 5.08. The number of non-ortho nitro benzene ring substituents is 1. The minimum Gasteiger partial charge on any atom is -0.298 e. The lowest BCUT2D eigenvalue weighted by Gasteiger charge is -2.19. The SMILES string of the molecule is C=C/C=C(\C=C)C(C)n1c(=O)c(C)nc2cc([N+](=O)[O-])ccc21.CC. The highest BCUT2D eigenvalue weighted by atomic mass is 16.6. The van der Waals surface area contributed by atoms with E-state index in [0.29, 0.717) is 11.0 Å². The number of nitro groups is 1. The zero-order valence-corrected chi connectivity index (χ0v) is 15.0. The molecular weight excluding hydrogens is 318 g/mol. The number of rotatable bonds is 5. The van der Waals surface area contributed by atoms with Crippen molar-refractivity contribution in [1.29, 1.82) is 0 Å². The molecule has 0 bridgehead atoms. The molecule has 0 fully saturated rings. The van der Waals surface area contributed by atoms with Crippen molar-refractivity contribution >= 4 is 16.7 Å². The van der Waals surface area contributed by atoms with Gasteiger partial charge in [-0.2, -0.15) is 0 Å². The van der Waals surface area contributed by atoms with Crippen LogP contribution in [0.25, 0.3) is 11.0 Å². The molecule has 6 heteroatoms. The minimum absolute atomic E-state index is 0.0622. The third kappa shape index (κ3) is 4.09. The van der Waals surface area contributed by atoms with Gasteiger partial charge in [0, 0.05) is 12.1 Å². The fourth-order valence-corrected chi connectivity index (χ4v) is 2.48. The molecule has 0 saturated heterocycles. The van der Waals surface area contributed by atoms with E-state index >= 15 is 0 Å². The first-order chi connectivity index (χ1) is 11.9. The fraction of sp³-hybridized carbons (Fsp3) is 0.263. The fourth-order valence-electron chi connectivity index (χ4n) is 2.48. The van der Waals surface area contributed by atoms with E-state index in [-0.39, 0.29) is 23.0 Å². The molecule has 0 aliphatic carbocycles. The summed E-state index contributed by atoms with van der Waals surface area (Å²) in [5.74, 6) is 0. The number of fused-ring (bicyclic) bond motifs is 1. The number of benzene rings is 1. The number of aryl methyl sites for hydroxylation is 1. The monoisotopic (exact) mass is 341 g/mol. The molecule has 0 radical (unpaired) electrons. The van der Waals surface area contributed by atoms with Gasteiger partial charge in [0.05, 0.1) is 22.0 Å². The molecule has 25 heavy (non-hydrogen) atoms. The number of nitrogens with zero attached hydrogens (tertiary/aromatic N) is 3. The quantitative estimate of drug-likeness (QED) is 0.456. The predicted octanol–water partition coefficient (Wildman–Crippen LogP) is 4.50. The van der Waals surface area contributed by atoms with Crippen LogP contribution >= 0.6 is 0 Å². The third-order valence-electron chi connectivity index (χ3n) is 3.66. The molecule has 0 aliphatic heterocycles. The average molecular weight is 341 g/mol. The highest BCUT2D eigenvalue weighted by Crippen LogP contribution is 2.24. The number of hydrogen-bond acceptors (Lipinski definition) is 4. The summed E-state index contributed by atoms with van der Waals surface area (Å²) >= 11 is 0. The van der Waals surface area contributed by atoms with Crippen LogP contribution in [0.15, 0.2) is 60.0 Å². The Labute approximate surface area is 147 Å². The molecule has 0 saturated carbocycles. The summed E-state index contributed by atoms with van der Waals surface area (Å²) in [7, 11) is 0. The normalized spacial score (nSPS) is 12.1. The van der Waals surface area contributed by atoms with Gasteiger partial charge < -0.3 is 0 Å². The van der Waals surface area contributed by atoms with Gasteiger partial charge in [-0.05, 0) is 25.5 Å². The van der Waals surface area contributed by atoms with Crippen LogP contribution in [0.2, 0.25) is 0 Å². The van der Waals surface area contributed by atoms with Crippen molar-refractivity contribution < 1.29 is 4.92 Å². The van der Waals surface area contributed by atoms with Crippen LogP contribution in [0.5, 0.6) is 0 Å². The number of aromatic nitrogens is 2. The van der Waals surface area contributed by atoms with Gasteiger partial charge in [0.2, 0.25) is 0 Å². The maximum atomic E-state index is 12.5. The van der Waals surface area contributed by atoms with Gasteiger partial charge in [-0.25, -0.2) is 4.98 Å². The molecule has 0 spiro atoms. The molecule has 2 rings (SSSR count). The Kier molecular flexibility index (Phi) is 6.99. The van der Waals surface area contributed by atoms with Gasteiger partial charge in [0.25, 0.3) is 11.2 Å². The lowest BCUT2D eigenvalue weighted by atomic mass is 10.1. The molecule has 6 nitrogen and oxygen atoms in total. The summed E-state index contributed by atoms with van der Waals surface area (Å²) in [6, 6.07) is 3.98.